The third-order valence-electron chi connectivity index (χ3n) is 4.64. The summed E-state index contributed by atoms with van der Waals surface area (Å²) in [7, 11) is -3.52. The lowest BCUT2D eigenvalue weighted by atomic mass is 10.1. The number of nitrogens with one attached hydrogen (secondary N) is 1. The minimum Gasteiger partial charge on any atom is -0.491 e. The molecule has 0 saturated carbocycles. The second kappa shape index (κ2) is 9.38. The van der Waals surface area contributed by atoms with Crippen LogP contribution in [0.5, 0.6) is 11.5 Å². The van der Waals surface area contributed by atoms with Gasteiger partial charge in [0.05, 0.1) is 24.6 Å². The minimum atomic E-state index is -3.52. The van der Waals surface area contributed by atoms with E-state index in [-0.39, 0.29) is 18.6 Å². The van der Waals surface area contributed by atoms with Gasteiger partial charge in [-0.25, -0.2) is 8.42 Å². The molecule has 1 N–H and O–H groups in total. The van der Waals surface area contributed by atoms with Crippen LogP contribution >= 0.6 is 0 Å². The predicted molar refractivity (Wildman–Crippen MR) is 117 cm³/mol. The van der Waals surface area contributed by atoms with E-state index in [1.54, 1.807) is 24.3 Å². The van der Waals surface area contributed by atoms with Crippen molar-refractivity contribution in [3.63, 3.8) is 0 Å². The fraction of sp³-hybridized carbons (Fsp3) is 0.409. The largest absolute Gasteiger partial charge is 0.491 e. The van der Waals surface area contributed by atoms with Gasteiger partial charge in [0.25, 0.3) is 5.91 Å². The SMILES string of the molecule is CC(C)Oc1cccc(CCCNC(=O)[C@H]2CN(S(C)(=O)=O)c3ccccc3O2)c1. The highest BCUT2D eigenvalue weighted by Gasteiger charge is 2.34. The van der Waals surface area contributed by atoms with Crippen LogP contribution in [0.15, 0.2) is 48.5 Å². The number of carbonyl (C=O) groups excluding carboxylic acids is 1. The van der Waals surface area contributed by atoms with E-state index >= 15 is 0 Å². The Morgan fingerprint density at radius 2 is 2.00 bits per heavy atom. The number of anilines is 1. The number of carbonyl (C=O) groups is 1. The summed E-state index contributed by atoms with van der Waals surface area (Å²) in [6, 6.07) is 14.7. The Bertz CT molecular complexity index is 991. The summed E-state index contributed by atoms with van der Waals surface area (Å²) in [4.78, 5) is 12.6. The molecule has 1 aliphatic heterocycles. The van der Waals surface area contributed by atoms with Gasteiger partial charge >= 0.3 is 0 Å². The van der Waals surface area contributed by atoms with Crippen LogP contribution in [0, 0.1) is 0 Å². The fourth-order valence-electron chi connectivity index (χ4n) is 3.32. The van der Waals surface area contributed by atoms with Crippen LogP contribution in [0.4, 0.5) is 5.69 Å². The van der Waals surface area contributed by atoms with Crippen LogP contribution in [-0.2, 0) is 21.2 Å². The van der Waals surface area contributed by atoms with Crippen LogP contribution in [0.25, 0.3) is 0 Å². The second-order valence-electron chi connectivity index (χ2n) is 7.58. The molecule has 0 bridgehead atoms. The van der Waals surface area contributed by atoms with Gasteiger partial charge in [-0.1, -0.05) is 24.3 Å². The number of hydrogen-bond donors (Lipinski definition) is 1. The molecule has 30 heavy (non-hydrogen) atoms. The van der Waals surface area contributed by atoms with Crippen molar-refractivity contribution in [3.8, 4) is 11.5 Å². The summed E-state index contributed by atoms with van der Waals surface area (Å²) >= 11 is 0. The molecule has 0 saturated heterocycles. The normalized spacial score (nSPS) is 16.0. The average molecular weight is 433 g/mol. The van der Waals surface area contributed by atoms with Crippen molar-refractivity contribution in [2.75, 3.05) is 23.7 Å². The Kier molecular flexibility index (Phi) is 6.87. The zero-order valence-corrected chi connectivity index (χ0v) is 18.3. The average Bonchev–Trinajstić information content (AvgIpc) is 2.69. The number of sulfonamides is 1. The Hall–Kier alpha value is -2.74. The van der Waals surface area contributed by atoms with Crippen molar-refractivity contribution in [2.24, 2.45) is 0 Å². The topological polar surface area (TPSA) is 84.9 Å². The van der Waals surface area contributed by atoms with Crippen molar-refractivity contribution in [2.45, 2.75) is 38.9 Å². The first-order chi connectivity index (χ1) is 14.2. The van der Waals surface area contributed by atoms with E-state index in [1.807, 2.05) is 38.1 Å². The summed E-state index contributed by atoms with van der Waals surface area (Å²) in [6.07, 6.45) is 1.89. The first kappa shape index (κ1) is 22.0. The molecular weight excluding hydrogens is 404 g/mol. The Morgan fingerprint density at radius 1 is 1.23 bits per heavy atom. The number of nitrogens with zero attached hydrogens (tertiary/aromatic N) is 1. The van der Waals surface area contributed by atoms with E-state index in [1.165, 1.54) is 4.31 Å². The number of hydrogen-bond acceptors (Lipinski definition) is 5. The van der Waals surface area contributed by atoms with Gasteiger partial charge in [-0.05, 0) is 56.5 Å². The van der Waals surface area contributed by atoms with Crippen molar-refractivity contribution in [1.82, 2.24) is 5.32 Å². The van der Waals surface area contributed by atoms with Crippen molar-refractivity contribution < 1.29 is 22.7 Å². The summed E-state index contributed by atoms with van der Waals surface area (Å²) in [5.41, 5.74) is 1.58. The molecule has 0 radical (unpaired) electrons. The van der Waals surface area contributed by atoms with Crippen molar-refractivity contribution in [1.29, 1.82) is 0 Å². The molecule has 7 nitrogen and oxygen atoms in total. The van der Waals surface area contributed by atoms with Crippen LogP contribution in [0.3, 0.4) is 0 Å². The Labute approximate surface area is 178 Å². The number of rotatable bonds is 8. The Balaban J connectivity index is 1.54. The van der Waals surface area contributed by atoms with Gasteiger partial charge in [-0.15, -0.1) is 0 Å². The van der Waals surface area contributed by atoms with E-state index in [9.17, 15) is 13.2 Å². The summed E-state index contributed by atoms with van der Waals surface area (Å²) < 4.78 is 37.0. The van der Waals surface area contributed by atoms with Gasteiger partial charge in [0.15, 0.2) is 6.10 Å². The van der Waals surface area contributed by atoms with E-state index in [0.717, 1.165) is 30.4 Å². The Morgan fingerprint density at radius 3 is 2.73 bits per heavy atom. The van der Waals surface area contributed by atoms with Crippen LogP contribution in [0.1, 0.15) is 25.8 Å². The molecule has 0 fully saturated rings. The molecule has 1 amide bonds. The lowest BCUT2D eigenvalue weighted by Crippen LogP contribution is -2.50. The molecule has 1 heterocycles. The predicted octanol–water partition coefficient (Wildman–Crippen LogP) is 2.75. The van der Waals surface area contributed by atoms with Crippen LogP contribution in [-0.4, -0.2) is 45.9 Å². The highest BCUT2D eigenvalue weighted by Crippen LogP contribution is 2.34. The standard InChI is InChI=1S/C22H28N2O5S/c1-16(2)28-18-10-6-8-17(14-18)9-7-13-23-22(25)21-15-24(30(3,26)27)19-11-4-5-12-20(19)29-21/h4-6,8,10-12,14,16,21H,7,9,13,15H2,1-3H3,(H,23,25)/t21-/m1/s1. The van der Waals surface area contributed by atoms with Gasteiger partial charge in [0.2, 0.25) is 10.0 Å². The van der Waals surface area contributed by atoms with Crippen molar-refractivity contribution in [3.05, 3.63) is 54.1 Å². The maximum atomic E-state index is 12.6. The highest BCUT2D eigenvalue weighted by atomic mass is 32.2. The maximum absolute atomic E-state index is 12.6. The zero-order chi connectivity index (χ0) is 21.7. The number of benzene rings is 2. The smallest absolute Gasteiger partial charge is 0.263 e. The third-order valence-corrected chi connectivity index (χ3v) is 5.79. The first-order valence-electron chi connectivity index (χ1n) is 10.0. The number of aryl methyl sites for hydroxylation is 1. The van der Waals surface area contributed by atoms with E-state index in [2.05, 4.69) is 5.32 Å². The number of amides is 1. The molecule has 1 aliphatic rings. The van der Waals surface area contributed by atoms with E-state index in [0.29, 0.717) is 18.0 Å². The second-order valence-corrected chi connectivity index (χ2v) is 9.48. The minimum absolute atomic E-state index is 0.0454. The van der Waals surface area contributed by atoms with Gasteiger partial charge in [-0.2, -0.15) is 0 Å². The lowest BCUT2D eigenvalue weighted by molar-refractivity contribution is -0.127. The van der Waals surface area contributed by atoms with Crippen molar-refractivity contribution >= 4 is 21.6 Å². The molecule has 0 spiro atoms. The fourth-order valence-corrected chi connectivity index (χ4v) is 4.23. The number of fused-ring (bicyclic) bond motifs is 1. The molecule has 3 rings (SSSR count). The van der Waals surface area contributed by atoms with Gasteiger partial charge in [0, 0.05) is 6.54 Å². The maximum Gasteiger partial charge on any atom is 0.263 e. The number of para-hydroxylation sites is 2. The van der Waals surface area contributed by atoms with Crippen LogP contribution in [0.2, 0.25) is 0 Å². The molecule has 162 valence electrons. The summed E-state index contributed by atoms with van der Waals surface area (Å²) in [5.74, 6) is 0.896. The van der Waals surface area contributed by atoms with Crippen LogP contribution < -0.4 is 19.1 Å². The third kappa shape index (κ3) is 5.66. The molecule has 0 aromatic heterocycles. The molecule has 0 aliphatic carbocycles. The molecule has 2 aromatic rings. The van der Waals surface area contributed by atoms with Gasteiger partial charge < -0.3 is 14.8 Å². The van der Waals surface area contributed by atoms with E-state index in [4.69, 9.17) is 9.47 Å². The zero-order valence-electron chi connectivity index (χ0n) is 17.5. The molecule has 8 heteroatoms. The summed E-state index contributed by atoms with van der Waals surface area (Å²) in [6.45, 7) is 4.39. The molecule has 0 unspecified atom stereocenters. The molecule has 1 atom stereocenters. The highest BCUT2D eigenvalue weighted by molar-refractivity contribution is 7.92. The monoisotopic (exact) mass is 432 g/mol. The number of ether oxygens (including phenoxy) is 2. The summed E-state index contributed by atoms with van der Waals surface area (Å²) in [5, 5.41) is 2.86. The molecular formula is C22H28N2O5S. The quantitative estimate of drug-likeness (QED) is 0.649. The van der Waals surface area contributed by atoms with Gasteiger partial charge in [0.1, 0.15) is 11.5 Å². The first-order valence-corrected chi connectivity index (χ1v) is 11.9. The van der Waals surface area contributed by atoms with E-state index < -0.39 is 16.1 Å². The van der Waals surface area contributed by atoms with Gasteiger partial charge in [-0.3, -0.25) is 9.10 Å². The molecule has 2 aromatic carbocycles. The lowest BCUT2D eigenvalue weighted by Gasteiger charge is -2.33.